The molecule has 1 aromatic carbocycles. The van der Waals surface area contributed by atoms with Crippen molar-refractivity contribution >= 4 is 17.2 Å². The molecule has 1 aliphatic rings. The highest BCUT2D eigenvalue weighted by molar-refractivity contribution is 6.32. The van der Waals surface area contributed by atoms with Crippen LogP contribution in [0.4, 0.5) is 0 Å². The van der Waals surface area contributed by atoms with Crippen LogP contribution in [-0.2, 0) is 9.47 Å². The Morgan fingerprint density at radius 3 is 2.60 bits per heavy atom. The van der Waals surface area contributed by atoms with Crippen molar-refractivity contribution in [1.29, 1.82) is 0 Å². The first-order chi connectivity index (χ1) is 14.4. The highest BCUT2D eigenvalue weighted by Crippen LogP contribution is 2.39. The first kappa shape index (κ1) is 19.0. The van der Waals surface area contributed by atoms with Gasteiger partial charge in [0.2, 0.25) is 0 Å². The van der Waals surface area contributed by atoms with Crippen LogP contribution in [0, 0.1) is 0 Å². The lowest BCUT2D eigenvalue weighted by atomic mass is 10.0. The van der Waals surface area contributed by atoms with Crippen LogP contribution in [0.3, 0.4) is 0 Å². The molecule has 8 heteroatoms. The van der Waals surface area contributed by atoms with Gasteiger partial charge in [-0.3, -0.25) is 4.98 Å². The van der Waals surface area contributed by atoms with Crippen molar-refractivity contribution in [3.8, 4) is 28.1 Å². The normalized spacial score (nSPS) is 18.2. The average molecular weight is 423 g/mol. The summed E-state index contributed by atoms with van der Waals surface area (Å²) in [6.45, 7) is 4.20. The summed E-state index contributed by atoms with van der Waals surface area (Å²) in [5, 5.41) is 15.4. The number of halogens is 1. The van der Waals surface area contributed by atoms with Crippen molar-refractivity contribution in [2.24, 2.45) is 0 Å². The number of rotatable bonds is 3. The number of pyridine rings is 1. The molecule has 1 saturated heterocycles. The molecule has 0 amide bonds. The Morgan fingerprint density at radius 1 is 1.10 bits per heavy atom. The van der Waals surface area contributed by atoms with Gasteiger partial charge >= 0.3 is 0 Å². The second-order valence-electron chi connectivity index (χ2n) is 7.55. The van der Waals surface area contributed by atoms with E-state index in [2.05, 4.69) is 9.97 Å². The molecule has 1 N–H and O–H groups in total. The third-order valence-electron chi connectivity index (χ3n) is 5.07. The first-order valence-electron chi connectivity index (χ1n) is 9.52. The molecule has 4 aromatic rings. The minimum Gasteiger partial charge on any atom is -0.506 e. The van der Waals surface area contributed by atoms with Crippen LogP contribution >= 0.6 is 11.6 Å². The number of fused-ring (bicyclic) bond motifs is 1. The zero-order chi connectivity index (χ0) is 20.9. The molecular weight excluding hydrogens is 404 g/mol. The predicted octanol–water partition coefficient (Wildman–Crippen LogP) is 4.64. The van der Waals surface area contributed by atoms with Crippen LogP contribution in [0.15, 0.2) is 55.0 Å². The number of phenolic OH excluding ortho intramolecular Hbond substituents is 1. The Morgan fingerprint density at radius 2 is 1.90 bits per heavy atom. The second-order valence-corrected chi connectivity index (χ2v) is 7.96. The Kier molecular flexibility index (Phi) is 4.47. The van der Waals surface area contributed by atoms with Crippen molar-refractivity contribution in [2.45, 2.75) is 25.7 Å². The number of benzene rings is 1. The average Bonchev–Trinajstić information content (AvgIpc) is 3.30. The zero-order valence-electron chi connectivity index (χ0n) is 16.4. The Bertz CT molecular complexity index is 1240. The fourth-order valence-electron chi connectivity index (χ4n) is 3.69. The van der Waals surface area contributed by atoms with Crippen molar-refractivity contribution in [3.05, 3.63) is 65.7 Å². The van der Waals surface area contributed by atoms with Gasteiger partial charge in [0.25, 0.3) is 0 Å². The summed E-state index contributed by atoms with van der Waals surface area (Å²) in [7, 11) is 0. The molecule has 7 nitrogen and oxygen atoms in total. The minimum atomic E-state index is -0.661. The monoisotopic (exact) mass is 422 g/mol. The summed E-state index contributed by atoms with van der Waals surface area (Å²) < 4.78 is 13.6. The minimum absolute atomic E-state index is 0.000347. The number of aromatic hydroxyl groups is 1. The van der Waals surface area contributed by atoms with Crippen LogP contribution < -0.4 is 0 Å². The third kappa shape index (κ3) is 3.21. The first-order valence-corrected chi connectivity index (χ1v) is 9.89. The van der Waals surface area contributed by atoms with Crippen molar-refractivity contribution in [1.82, 2.24) is 19.6 Å². The maximum absolute atomic E-state index is 10.2. The van der Waals surface area contributed by atoms with Gasteiger partial charge in [-0.05, 0) is 49.7 Å². The van der Waals surface area contributed by atoms with Gasteiger partial charge in [-0.15, -0.1) is 0 Å². The Hall–Kier alpha value is -3.00. The molecule has 1 aliphatic heterocycles. The lowest BCUT2D eigenvalue weighted by Crippen LogP contribution is -2.20. The predicted molar refractivity (Wildman–Crippen MR) is 112 cm³/mol. The van der Waals surface area contributed by atoms with E-state index >= 15 is 0 Å². The van der Waals surface area contributed by atoms with Crippen LogP contribution in [0.2, 0.25) is 5.02 Å². The van der Waals surface area contributed by atoms with Gasteiger partial charge in [-0.2, -0.15) is 5.10 Å². The van der Waals surface area contributed by atoms with Crippen LogP contribution in [-0.4, -0.2) is 37.1 Å². The topological polar surface area (TPSA) is 81.8 Å². The molecular formula is C22H19ClN4O3. The smallest absolute Gasteiger partial charge is 0.163 e. The number of nitrogens with zero attached hydrogens (tertiary/aromatic N) is 4. The fourth-order valence-corrected chi connectivity index (χ4v) is 3.80. The van der Waals surface area contributed by atoms with E-state index in [0.29, 0.717) is 12.3 Å². The lowest BCUT2D eigenvalue weighted by Gasteiger charge is -2.17. The molecule has 152 valence electrons. The number of hydrogen-bond donors (Lipinski definition) is 1. The van der Waals surface area contributed by atoms with E-state index < -0.39 is 5.79 Å². The summed E-state index contributed by atoms with van der Waals surface area (Å²) in [6.07, 6.45) is 4.89. The van der Waals surface area contributed by atoms with Crippen LogP contribution in [0.5, 0.6) is 5.75 Å². The Labute approximate surface area is 177 Å². The molecule has 5 rings (SSSR count). The maximum atomic E-state index is 10.2. The van der Waals surface area contributed by atoms with Crippen LogP contribution in [0.25, 0.3) is 28.0 Å². The van der Waals surface area contributed by atoms with Crippen molar-refractivity contribution in [2.75, 3.05) is 6.61 Å². The van der Waals surface area contributed by atoms with Crippen molar-refractivity contribution < 1.29 is 14.6 Å². The molecule has 0 bridgehead atoms. The molecule has 1 unspecified atom stereocenters. The highest BCUT2D eigenvalue weighted by Gasteiger charge is 2.35. The van der Waals surface area contributed by atoms with E-state index in [4.69, 9.17) is 26.2 Å². The maximum Gasteiger partial charge on any atom is 0.163 e. The number of hydrogen-bond acceptors (Lipinski definition) is 6. The highest BCUT2D eigenvalue weighted by atomic mass is 35.5. The van der Waals surface area contributed by atoms with E-state index in [0.717, 1.165) is 28.1 Å². The summed E-state index contributed by atoms with van der Waals surface area (Å²) >= 11 is 6.03. The number of aromatic nitrogens is 4. The summed E-state index contributed by atoms with van der Waals surface area (Å²) in [6, 6.07) is 10.8. The summed E-state index contributed by atoms with van der Waals surface area (Å²) in [4.78, 5) is 8.70. The molecule has 4 heterocycles. The molecule has 30 heavy (non-hydrogen) atoms. The molecule has 0 saturated carbocycles. The van der Waals surface area contributed by atoms with Gasteiger partial charge in [-0.1, -0.05) is 17.7 Å². The van der Waals surface area contributed by atoms with Gasteiger partial charge in [0.15, 0.2) is 11.4 Å². The zero-order valence-corrected chi connectivity index (χ0v) is 17.2. The van der Waals surface area contributed by atoms with E-state index in [1.807, 2.05) is 38.1 Å². The van der Waals surface area contributed by atoms with Crippen molar-refractivity contribution in [3.63, 3.8) is 0 Å². The SMILES string of the molecule is CC1(C)OCC(c2ccnc3c(-c4ccc(Cl)c(O)c4)c(-c4ccncc4)nn23)O1. The fraction of sp³-hybridized carbons (Fsp3) is 0.227. The van der Waals surface area contributed by atoms with Gasteiger partial charge in [0.1, 0.15) is 17.5 Å². The molecule has 3 aromatic heterocycles. The van der Waals surface area contributed by atoms with Crippen LogP contribution in [0.1, 0.15) is 25.6 Å². The number of phenols is 1. The standard InChI is InChI=1S/C22H19ClN4O3/c1-22(2)29-12-18(30-22)16-7-10-25-21-19(14-3-4-15(23)17(28)11-14)20(26-27(16)21)13-5-8-24-9-6-13/h3-11,18,28H,12H2,1-2H3. The quantitative estimate of drug-likeness (QED) is 0.518. The van der Waals surface area contributed by atoms with E-state index in [1.54, 1.807) is 35.2 Å². The molecule has 1 fully saturated rings. The third-order valence-corrected chi connectivity index (χ3v) is 5.39. The lowest BCUT2D eigenvalue weighted by molar-refractivity contribution is -0.139. The largest absolute Gasteiger partial charge is 0.506 e. The summed E-state index contributed by atoms with van der Waals surface area (Å²) in [5.74, 6) is -0.661. The second kappa shape index (κ2) is 7.05. The molecule has 0 radical (unpaired) electrons. The van der Waals surface area contributed by atoms with Gasteiger partial charge in [0, 0.05) is 24.2 Å². The van der Waals surface area contributed by atoms with E-state index in [-0.39, 0.29) is 16.9 Å². The molecule has 0 spiro atoms. The van der Waals surface area contributed by atoms with Gasteiger partial charge in [-0.25, -0.2) is 9.50 Å². The van der Waals surface area contributed by atoms with Gasteiger partial charge < -0.3 is 14.6 Å². The van der Waals surface area contributed by atoms with Gasteiger partial charge in [0.05, 0.1) is 22.9 Å². The molecule has 0 aliphatic carbocycles. The Balaban J connectivity index is 1.77. The van der Waals surface area contributed by atoms with E-state index in [9.17, 15) is 5.11 Å². The summed E-state index contributed by atoms with van der Waals surface area (Å²) in [5.41, 5.74) is 4.63. The number of ether oxygens (including phenoxy) is 2. The molecule has 1 atom stereocenters. The van der Waals surface area contributed by atoms with E-state index in [1.165, 1.54) is 0 Å².